The van der Waals surface area contributed by atoms with Gasteiger partial charge in [0, 0.05) is 18.8 Å². The summed E-state index contributed by atoms with van der Waals surface area (Å²) in [6.45, 7) is 0.498. The van der Waals surface area contributed by atoms with Crippen molar-refractivity contribution in [1.82, 2.24) is 9.38 Å². The number of aromatic carboxylic acids is 1. The number of hydrogen-bond donors (Lipinski definition) is 2. The highest BCUT2D eigenvalue weighted by Gasteiger charge is 2.13. The number of nitrogens with one attached hydrogen (secondary N) is 1. The summed E-state index contributed by atoms with van der Waals surface area (Å²) >= 11 is 0. The maximum Gasteiger partial charge on any atom is 0.335 e. The third-order valence-corrected chi connectivity index (χ3v) is 4.36. The molecular weight excluding hydrogens is 349 g/mol. The molecule has 7 heteroatoms. The molecule has 2 aromatic heterocycles. The summed E-state index contributed by atoms with van der Waals surface area (Å²) in [6.07, 6.45) is 1.32. The van der Waals surface area contributed by atoms with Crippen molar-refractivity contribution < 1.29 is 19.0 Å². The third kappa shape index (κ3) is 3.15. The number of carboxylic acid groups (broad SMARTS) is 1. The zero-order valence-electron chi connectivity index (χ0n) is 14.4. The zero-order valence-corrected chi connectivity index (χ0v) is 14.4. The highest BCUT2D eigenvalue weighted by atomic mass is 19.1. The number of aromatic nitrogens is 2. The Hall–Kier alpha value is -3.61. The summed E-state index contributed by atoms with van der Waals surface area (Å²) in [5.74, 6) is -0.171. The fourth-order valence-corrected chi connectivity index (χ4v) is 2.99. The predicted molar refractivity (Wildman–Crippen MR) is 99.9 cm³/mol. The Balaban J connectivity index is 1.75. The van der Waals surface area contributed by atoms with Crippen LogP contribution in [0.2, 0.25) is 0 Å². The molecule has 136 valence electrons. The summed E-state index contributed by atoms with van der Waals surface area (Å²) in [5, 5.41) is 12.4. The maximum absolute atomic E-state index is 13.9. The van der Waals surface area contributed by atoms with Gasteiger partial charge in [0.1, 0.15) is 11.6 Å². The fourth-order valence-electron chi connectivity index (χ4n) is 2.99. The van der Waals surface area contributed by atoms with Crippen LogP contribution in [0.5, 0.6) is 5.75 Å². The van der Waals surface area contributed by atoms with E-state index in [9.17, 15) is 14.3 Å². The molecule has 2 aromatic carbocycles. The fraction of sp³-hybridized carbons (Fsp3) is 0.100. The predicted octanol–water partition coefficient (Wildman–Crippen LogP) is 3.95. The number of anilines is 1. The van der Waals surface area contributed by atoms with E-state index in [1.807, 2.05) is 24.3 Å². The maximum atomic E-state index is 13.9. The van der Waals surface area contributed by atoms with Crippen molar-refractivity contribution in [3.8, 4) is 5.75 Å². The molecule has 0 radical (unpaired) electrons. The van der Waals surface area contributed by atoms with Gasteiger partial charge < -0.3 is 19.6 Å². The van der Waals surface area contributed by atoms with Gasteiger partial charge in [0.25, 0.3) is 0 Å². The quantitative estimate of drug-likeness (QED) is 0.560. The van der Waals surface area contributed by atoms with Crippen LogP contribution < -0.4 is 10.1 Å². The topological polar surface area (TPSA) is 75.9 Å². The van der Waals surface area contributed by atoms with Crippen LogP contribution in [0.1, 0.15) is 15.9 Å². The van der Waals surface area contributed by atoms with Gasteiger partial charge in [0.2, 0.25) is 0 Å². The van der Waals surface area contributed by atoms with E-state index >= 15 is 0 Å². The molecule has 0 aliphatic heterocycles. The van der Waals surface area contributed by atoms with Gasteiger partial charge >= 0.3 is 5.97 Å². The van der Waals surface area contributed by atoms with Gasteiger partial charge in [-0.1, -0.05) is 12.1 Å². The molecule has 2 N–H and O–H groups in total. The minimum absolute atomic E-state index is 0.124. The van der Waals surface area contributed by atoms with Gasteiger partial charge in [-0.25, -0.2) is 14.2 Å². The van der Waals surface area contributed by atoms with Crippen molar-refractivity contribution in [2.45, 2.75) is 6.54 Å². The van der Waals surface area contributed by atoms with Gasteiger partial charge in [-0.15, -0.1) is 0 Å². The van der Waals surface area contributed by atoms with Gasteiger partial charge in [-0.3, -0.25) is 0 Å². The first-order valence-corrected chi connectivity index (χ1v) is 8.26. The normalized spacial score (nSPS) is 11.0. The van der Waals surface area contributed by atoms with Gasteiger partial charge in [-0.2, -0.15) is 0 Å². The Labute approximate surface area is 153 Å². The minimum Gasteiger partial charge on any atom is -0.497 e. The zero-order chi connectivity index (χ0) is 19.0. The average molecular weight is 365 g/mol. The van der Waals surface area contributed by atoms with Crippen molar-refractivity contribution in [3.63, 3.8) is 0 Å². The summed E-state index contributed by atoms with van der Waals surface area (Å²) in [4.78, 5) is 15.8. The molecule has 0 saturated heterocycles. The Morgan fingerprint density at radius 3 is 2.67 bits per heavy atom. The number of rotatable bonds is 5. The lowest BCUT2D eigenvalue weighted by Crippen LogP contribution is -2.05. The number of benzene rings is 2. The van der Waals surface area contributed by atoms with E-state index in [-0.39, 0.29) is 5.56 Å². The van der Waals surface area contributed by atoms with E-state index in [1.165, 1.54) is 24.4 Å². The van der Waals surface area contributed by atoms with Crippen LogP contribution in [0.25, 0.3) is 16.6 Å². The Morgan fingerprint density at radius 1 is 1.19 bits per heavy atom. The smallest absolute Gasteiger partial charge is 0.335 e. The van der Waals surface area contributed by atoms with Crippen LogP contribution >= 0.6 is 0 Å². The SMILES string of the molecule is COc1ccc(CNc2nc3ccc(C(=O)O)cc3n3cc(F)cc23)cc1. The average Bonchev–Trinajstić information content (AvgIpc) is 3.08. The third-order valence-electron chi connectivity index (χ3n) is 4.36. The molecule has 0 saturated carbocycles. The molecule has 27 heavy (non-hydrogen) atoms. The first-order valence-electron chi connectivity index (χ1n) is 8.26. The first-order chi connectivity index (χ1) is 13.0. The van der Waals surface area contributed by atoms with E-state index < -0.39 is 11.8 Å². The van der Waals surface area contributed by atoms with Crippen molar-refractivity contribution in [3.05, 3.63) is 71.7 Å². The lowest BCUT2D eigenvalue weighted by atomic mass is 10.2. The monoisotopic (exact) mass is 365 g/mol. The highest BCUT2D eigenvalue weighted by Crippen LogP contribution is 2.25. The number of halogens is 1. The number of carbonyl (C=O) groups is 1. The Bertz CT molecular complexity index is 1150. The number of fused-ring (bicyclic) bond motifs is 3. The second-order valence-corrected chi connectivity index (χ2v) is 6.08. The van der Waals surface area contributed by atoms with E-state index in [1.54, 1.807) is 17.6 Å². The summed E-state index contributed by atoms with van der Waals surface area (Å²) in [7, 11) is 1.61. The van der Waals surface area contributed by atoms with Crippen LogP contribution in [-0.4, -0.2) is 27.6 Å². The highest BCUT2D eigenvalue weighted by molar-refractivity contribution is 5.94. The van der Waals surface area contributed by atoms with Crippen molar-refractivity contribution in [2.75, 3.05) is 12.4 Å². The molecular formula is C20H16FN3O3. The summed E-state index contributed by atoms with van der Waals surface area (Å²) in [6, 6.07) is 13.6. The standard InChI is InChI=1S/C20H16FN3O3/c1-27-15-5-2-12(3-6-15)10-22-19-18-9-14(21)11-24(18)17-8-13(20(25)26)4-7-16(17)23-19/h2-9,11H,10H2,1H3,(H,22,23)(H,25,26). The van der Waals surface area contributed by atoms with E-state index in [0.717, 1.165) is 11.3 Å². The van der Waals surface area contributed by atoms with Crippen LogP contribution in [0, 0.1) is 5.82 Å². The Morgan fingerprint density at radius 2 is 1.96 bits per heavy atom. The molecule has 4 rings (SSSR count). The largest absolute Gasteiger partial charge is 0.497 e. The molecule has 6 nitrogen and oxygen atoms in total. The van der Waals surface area contributed by atoms with Crippen LogP contribution in [0.3, 0.4) is 0 Å². The van der Waals surface area contributed by atoms with Crippen molar-refractivity contribution in [1.29, 1.82) is 0 Å². The van der Waals surface area contributed by atoms with E-state index in [4.69, 9.17) is 4.74 Å². The second kappa shape index (κ2) is 6.60. The molecule has 0 spiro atoms. The van der Waals surface area contributed by atoms with Gasteiger partial charge in [-0.05, 0) is 35.9 Å². The lowest BCUT2D eigenvalue weighted by molar-refractivity contribution is 0.0697. The molecule has 4 aromatic rings. The second-order valence-electron chi connectivity index (χ2n) is 6.08. The molecule has 2 heterocycles. The summed E-state index contributed by atoms with van der Waals surface area (Å²) in [5.41, 5.74) is 2.78. The molecule has 0 amide bonds. The number of hydrogen-bond acceptors (Lipinski definition) is 4. The van der Waals surface area contributed by atoms with Crippen molar-refractivity contribution in [2.24, 2.45) is 0 Å². The molecule has 0 aliphatic rings. The Kier molecular flexibility index (Phi) is 4.12. The summed E-state index contributed by atoms with van der Waals surface area (Å²) < 4.78 is 20.7. The number of methoxy groups -OCH3 is 1. The minimum atomic E-state index is -1.04. The molecule has 0 fully saturated rings. The molecule has 0 atom stereocenters. The van der Waals surface area contributed by atoms with Crippen LogP contribution in [-0.2, 0) is 6.54 Å². The first kappa shape index (κ1) is 16.8. The number of ether oxygens (including phenoxy) is 1. The van der Waals surface area contributed by atoms with E-state index in [0.29, 0.717) is 28.9 Å². The number of carboxylic acids is 1. The number of nitrogens with zero attached hydrogens (tertiary/aromatic N) is 2. The van der Waals surface area contributed by atoms with Crippen LogP contribution in [0.15, 0.2) is 54.7 Å². The molecule has 0 bridgehead atoms. The van der Waals surface area contributed by atoms with Crippen molar-refractivity contribution >= 4 is 28.3 Å². The van der Waals surface area contributed by atoms with Gasteiger partial charge in [0.15, 0.2) is 5.82 Å². The molecule has 0 unspecified atom stereocenters. The lowest BCUT2D eigenvalue weighted by Gasteiger charge is -2.11. The molecule has 0 aliphatic carbocycles. The van der Waals surface area contributed by atoms with Gasteiger partial charge in [0.05, 0.1) is 29.2 Å². The van der Waals surface area contributed by atoms with Crippen LogP contribution in [0.4, 0.5) is 10.2 Å². The van der Waals surface area contributed by atoms with E-state index in [2.05, 4.69) is 10.3 Å².